The highest BCUT2D eigenvalue weighted by molar-refractivity contribution is 6.02. The SMILES string of the molecule is N/C(=N\N(N)C1CCNC1)c1ccccc1Nc1ccc(C(F)(F)F)cc1. The number of nitrogens with zero attached hydrogens (tertiary/aromatic N) is 2. The minimum Gasteiger partial charge on any atom is -0.382 e. The number of anilines is 2. The van der Waals surface area contributed by atoms with Gasteiger partial charge in [0.1, 0.15) is 0 Å². The van der Waals surface area contributed by atoms with Crippen molar-refractivity contribution in [3.63, 3.8) is 0 Å². The number of hydrogen-bond donors (Lipinski definition) is 4. The van der Waals surface area contributed by atoms with Crippen molar-refractivity contribution in [3.05, 3.63) is 59.7 Å². The van der Waals surface area contributed by atoms with Crippen LogP contribution in [0.1, 0.15) is 17.5 Å². The van der Waals surface area contributed by atoms with E-state index in [1.54, 1.807) is 24.3 Å². The summed E-state index contributed by atoms with van der Waals surface area (Å²) >= 11 is 0. The lowest BCUT2D eigenvalue weighted by atomic mass is 10.1. The van der Waals surface area contributed by atoms with E-state index in [2.05, 4.69) is 15.7 Å². The Kier molecular flexibility index (Phi) is 5.52. The Morgan fingerprint density at radius 3 is 2.48 bits per heavy atom. The predicted molar refractivity (Wildman–Crippen MR) is 99.2 cm³/mol. The Morgan fingerprint density at radius 2 is 1.85 bits per heavy atom. The molecule has 2 aromatic carbocycles. The summed E-state index contributed by atoms with van der Waals surface area (Å²) in [6, 6.07) is 12.0. The zero-order valence-electron chi connectivity index (χ0n) is 14.5. The lowest BCUT2D eigenvalue weighted by Gasteiger charge is -2.20. The normalized spacial score (nSPS) is 17.8. The van der Waals surface area contributed by atoms with Crippen LogP contribution in [0.3, 0.4) is 0 Å². The van der Waals surface area contributed by atoms with E-state index < -0.39 is 11.7 Å². The highest BCUT2D eigenvalue weighted by Gasteiger charge is 2.30. The average molecular weight is 378 g/mol. The number of halogens is 3. The first-order valence-corrected chi connectivity index (χ1v) is 8.47. The summed E-state index contributed by atoms with van der Waals surface area (Å²) in [6.45, 7) is 1.61. The molecule has 0 saturated carbocycles. The zero-order valence-corrected chi connectivity index (χ0v) is 14.5. The smallest absolute Gasteiger partial charge is 0.382 e. The first-order valence-electron chi connectivity index (χ1n) is 8.47. The molecule has 0 spiro atoms. The van der Waals surface area contributed by atoms with Crippen LogP contribution >= 0.6 is 0 Å². The van der Waals surface area contributed by atoms with Gasteiger partial charge >= 0.3 is 6.18 Å². The maximum Gasteiger partial charge on any atom is 0.416 e. The topological polar surface area (TPSA) is 91.7 Å². The zero-order chi connectivity index (χ0) is 19.4. The van der Waals surface area contributed by atoms with E-state index >= 15 is 0 Å². The van der Waals surface area contributed by atoms with Crippen LogP contribution in [-0.2, 0) is 6.18 Å². The number of rotatable bonds is 5. The number of nitrogens with one attached hydrogen (secondary N) is 2. The first kappa shape index (κ1) is 19.0. The van der Waals surface area contributed by atoms with Gasteiger partial charge < -0.3 is 16.4 Å². The Hall–Kier alpha value is -2.78. The van der Waals surface area contributed by atoms with Crippen LogP contribution in [0.25, 0.3) is 0 Å². The standard InChI is InChI=1S/C18H21F3N6/c19-18(20,21)12-5-7-13(8-6-12)25-16-4-2-1-3-15(16)17(22)26-27(23)14-9-10-24-11-14/h1-8,14,24-25H,9-11,23H2,(H2,22,26). The maximum atomic E-state index is 12.7. The number of benzene rings is 2. The van der Waals surface area contributed by atoms with Gasteiger partial charge in [-0.3, -0.25) is 0 Å². The average Bonchev–Trinajstić information content (AvgIpc) is 3.16. The van der Waals surface area contributed by atoms with Crippen molar-refractivity contribution in [1.29, 1.82) is 0 Å². The Labute approximate surface area is 155 Å². The summed E-state index contributed by atoms with van der Waals surface area (Å²) in [6.07, 6.45) is -3.49. The molecule has 1 fully saturated rings. The largest absolute Gasteiger partial charge is 0.416 e. The molecule has 1 heterocycles. The molecular weight excluding hydrogens is 357 g/mol. The molecule has 1 saturated heterocycles. The van der Waals surface area contributed by atoms with E-state index in [4.69, 9.17) is 11.6 Å². The first-order chi connectivity index (χ1) is 12.8. The van der Waals surface area contributed by atoms with Gasteiger partial charge in [-0.05, 0) is 49.4 Å². The minimum atomic E-state index is -4.37. The van der Waals surface area contributed by atoms with Gasteiger partial charge in [0.2, 0.25) is 0 Å². The molecular formula is C18H21F3N6. The van der Waals surface area contributed by atoms with Crippen molar-refractivity contribution in [3.8, 4) is 0 Å². The van der Waals surface area contributed by atoms with Gasteiger partial charge in [0.15, 0.2) is 5.84 Å². The quantitative estimate of drug-likeness (QED) is 0.278. The molecule has 6 N–H and O–H groups in total. The van der Waals surface area contributed by atoms with Gasteiger partial charge in [-0.1, -0.05) is 12.1 Å². The van der Waals surface area contributed by atoms with Crippen molar-refractivity contribution in [2.45, 2.75) is 18.6 Å². The summed E-state index contributed by atoms with van der Waals surface area (Å²) < 4.78 is 38.1. The van der Waals surface area contributed by atoms with Crippen molar-refractivity contribution in [2.75, 3.05) is 18.4 Å². The third-order valence-corrected chi connectivity index (χ3v) is 4.33. The van der Waals surface area contributed by atoms with Gasteiger partial charge in [0, 0.05) is 23.5 Å². The highest BCUT2D eigenvalue weighted by atomic mass is 19.4. The van der Waals surface area contributed by atoms with Crippen LogP contribution in [0.4, 0.5) is 24.5 Å². The highest BCUT2D eigenvalue weighted by Crippen LogP contribution is 2.30. The molecule has 0 bridgehead atoms. The fraction of sp³-hybridized carbons (Fsp3) is 0.278. The molecule has 0 amide bonds. The summed E-state index contributed by atoms with van der Waals surface area (Å²) in [5.74, 6) is 6.20. The van der Waals surface area contributed by atoms with E-state index in [1.807, 2.05) is 0 Å². The monoisotopic (exact) mass is 378 g/mol. The van der Waals surface area contributed by atoms with Crippen LogP contribution in [-0.4, -0.2) is 30.1 Å². The Balaban J connectivity index is 1.79. The van der Waals surface area contributed by atoms with Crippen LogP contribution < -0.4 is 22.2 Å². The molecule has 144 valence electrons. The molecule has 9 heteroatoms. The molecule has 27 heavy (non-hydrogen) atoms. The maximum absolute atomic E-state index is 12.7. The van der Waals surface area contributed by atoms with Gasteiger partial charge in [-0.2, -0.15) is 13.2 Å². The van der Waals surface area contributed by atoms with Crippen LogP contribution in [0.5, 0.6) is 0 Å². The van der Waals surface area contributed by atoms with Gasteiger partial charge in [-0.15, -0.1) is 5.10 Å². The Bertz CT molecular complexity index is 797. The van der Waals surface area contributed by atoms with Gasteiger partial charge in [-0.25, -0.2) is 11.0 Å². The predicted octanol–water partition coefficient (Wildman–Crippen LogP) is 2.61. The van der Waals surface area contributed by atoms with E-state index in [-0.39, 0.29) is 11.9 Å². The van der Waals surface area contributed by atoms with Crippen molar-refractivity contribution in [1.82, 2.24) is 10.4 Å². The number of hydrogen-bond acceptors (Lipinski definition) is 5. The molecule has 1 aliphatic rings. The second kappa shape index (κ2) is 7.85. The molecule has 1 atom stereocenters. The molecule has 0 radical (unpaired) electrons. The molecule has 3 rings (SSSR count). The van der Waals surface area contributed by atoms with Gasteiger partial charge in [0.05, 0.1) is 11.6 Å². The summed E-state index contributed by atoms with van der Waals surface area (Å²) in [5, 5.41) is 11.9. The van der Waals surface area contributed by atoms with E-state index in [1.165, 1.54) is 17.3 Å². The summed E-state index contributed by atoms with van der Waals surface area (Å²) in [5.41, 5.74) is 7.15. The lowest BCUT2D eigenvalue weighted by molar-refractivity contribution is -0.137. The fourth-order valence-electron chi connectivity index (χ4n) is 2.84. The Morgan fingerprint density at radius 1 is 1.15 bits per heavy atom. The van der Waals surface area contributed by atoms with Crippen molar-refractivity contribution < 1.29 is 13.2 Å². The number of amidine groups is 1. The number of hydrazine groups is 1. The van der Waals surface area contributed by atoms with E-state index in [0.717, 1.165) is 31.6 Å². The number of para-hydroxylation sites is 1. The van der Waals surface area contributed by atoms with E-state index in [0.29, 0.717) is 16.9 Å². The van der Waals surface area contributed by atoms with Crippen LogP contribution in [0.15, 0.2) is 53.6 Å². The second-order valence-electron chi connectivity index (χ2n) is 6.26. The third-order valence-electron chi connectivity index (χ3n) is 4.33. The number of hydrazone groups is 1. The molecule has 1 aliphatic heterocycles. The molecule has 2 aromatic rings. The summed E-state index contributed by atoms with van der Waals surface area (Å²) in [7, 11) is 0. The molecule has 0 aliphatic carbocycles. The third kappa shape index (κ3) is 4.69. The van der Waals surface area contributed by atoms with E-state index in [9.17, 15) is 13.2 Å². The fourth-order valence-corrected chi connectivity index (χ4v) is 2.84. The van der Waals surface area contributed by atoms with Gasteiger partial charge in [0.25, 0.3) is 0 Å². The molecule has 6 nitrogen and oxygen atoms in total. The molecule has 0 aromatic heterocycles. The molecule has 1 unspecified atom stereocenters. The van der Waals surface area contributed by atoms with Crippen LogP contribution in [0, 0.1) is 0 Å². The van der Waals surface area contributed by atoms with Crippen molar-refractivity contribution >= 4 is 17.2 Å². The number of nitrogens with two attached hydrogens (primary N) is 2. The van der Waals surface area contributed by atoms with Crippen LogP contribution in [0.2, 0.25) is 0 Å². The minimum absolute atomic E-state index is 0.0681. The second-order valence-corrected chi connectivity index (χ2v) is 6.26. The number of alkyl halides is 3. The summed E-state index contributed by atoms with van der Waals surface area (Å²) in [4.78, 5) is 0. The van der Waals surface area contributed by atoms with Crippen molar-refractivity contribution in [2.24, 2.45) is 16.7 Å². The lowest BCUT2D eigenvalue weighted by Crippen LogP contribution is -2.40.